The Morgan fingerprint density at radius 3 is 2.59 bits per heavy atom. The van der Waals surface area contributed by atoms with Crippen LogP contribution in [0.4, 0.5) is 10.5 Å². The number of para-hydroxylation sites is 2. The summed E-state index contributed by atoms with van der Waals surface area (Å²) in [7, 11) is 1.67. The van der Waals surface area contributed by atoms with Crippen LogP contribution in [0.2, 0.25) is 0 Å². The number of hydrogen-bond donors (Lipinski definition) is 2. The van der Waals surface area contributed by atoms with Crippen molar-refractivity contribution >= 4 is 11.7 Å². The molecule has 8 heteroatoms. The van der Waals surface area contributed by atoms with Crippen LogP contribution in [0.1, 0.15) is 28.3 Å². The van der Waals surface area contributed by atoms with E-state index in [4.69, 9.17) is 4.74 Å². The van der Waals surface area contributed by atoms with E-state index in [0.717, 1.165) is 34.0 Å². The van der Waals surface area contributed by atoms with Gasteiger partial charge < -0.3 is 15.4 Å². The van der Waals surface area contributed by atoms with Gasteiger partial charge in [-0.05, 0) is 45.9 Å². The van der Waals surface area contributed by atoms with E-state index in [1.54, 1.807) is 7.11 Å². The molecule has 2 heterocycles. The minimum absolute atomic E-state index is 0.276. The van der Waals surface area contributed by atoms with Crippen LogP contribution >= 0.6 is 0 Å². The smallest absolute Gasteiger partial charge is 0.319 e. The third-order valence-corrected chi connectivity index (χ3v) is 4.85. The lowest BCUT2D eigenvalue weighted by Crippen LogP contribution is -2.29. The predicted molar refractivity (Wildman–Crippen MR) is 112 cm³/mol. The molecule has 0 aliphatic rings. The average molecular weight is 396 g/mol. The summed E-state index contributed by atoms with van der Waals surface area (Å²) >= 11 is 0. The molecule has 0 aliphatic carbocycles. The summed E-state index contributed by atoms with van der Waals surface area (Å²) in [5.41, 5.74) is 6.41. The van der Waals surface area contributed by atoms with Gasteiger partial charge in [0.1, 0.15) is 0 Å². The van der Waals surface area contributed by atoms with E-state index >= 15 is 0 Å². The zero-order chi connectivity index (χ0) is 21.0. The van der Waals surface area contributed by atoms with E-state index in [0.29, 0.717) is 25.4 Å². The molecule has 3 aromatic rings. The lowest BCUT2D eigenvalue weighted by atomic mass is 10.2. The monoisotopic (exact) mass is 396 g/mol. The maximum Gasteiger partial charge on any atom is 0.319 e. The van der Waals surface area contributed by atoms with Gasteiger partial charge in [0.15, 0.2) is 0 Å². The molecule has 0 fully saturated rings. The fourth-order valence-electron chi connectivity index (χ4n) is 3.36. The normalized spacial score (nSPS) is 10.9. The number of carbonyl (C=O) groups is 1. The number of ether oxygens (including phenoxy) is 1. The number of carbonyl (C=O) groups excluding carboxylic acids is 1. The number of aryl methyl sites for hydroxylation is 3. The first-order valence-electron chi connectivity index (χ1n) is 9.60. The van der Waals surface area contributed by atoms with Crippen LogP contribution in [0.5, 0.6) is 0 Å². The zero-order valence-corrected chi connectivity index (χ0v) is 17.6. The molecule has 2 aromatic heterocycles. The number of benzene rings is 1. The van der Waals surface area contributed by atoms with Crippen LogP contribution in [-0.2, 0) is 17.8 Å². The zero-order valence-electron chi connectivity index (χ0n) is 17.6. The van der Waals surface area contributed by atoms with Crippen LogP contribution in [0.25, 0.3) is 5.69 Å². The second-order valence-electron chi connectivity index (χ2n) is 7.03. The fraction of sp³-hybridized carbons (Fsp3) is 0.381. The van der Waals surface area contributed by atoms with Crippen molar-refractivity contribution in [2.24, 2.45) is 0 Å². The SMILES string of the molecule is COCCn1nc(C)c(CNC(=O)Nc2ccccc2-n2nc(C)cc2C)c1C. The largest absolute Gasteiger partial charge is 0.383 e. The van der Waals surface area contributed by atoms with Crippen molar-refractivity contribution < 1.29 is 9.53 Å². The molecule has 2 amide bonds. The molecule has 0 unspecified atom stereocenters. The number of hydrogen-bond acceptors (Lipinski definition) is 4. The first kappa shape index (κ1) is 20.6. The second-order valence-corrected chi connectivity index (χ2v) is 7.03. The van der Waals surface area contributed by atoms with E-state index in [2.05, 4.69) is 20.8 Å². The third kappa shape index (κ3) is 4.65. The maximum absolute atomic E-state index is 12.6. The summed E-state index contributed by atoms with van der Waals surface area (Å²) in [5, 5.41) is 14.9. The average Bonchev–Trinajstić information content (AvgIpc) is 3.16. The second kappa shape index (κ2) is 8.91. The predicted octanol–water partition coefficient (Wildman–Crippen LogP) is 3.27. The Morgan fingerprint density at radius 1 is 1.14 bits per heavy atom. The van der Waals surface area contributed by atoms with Crippen molar-refractivity contribution in [2.45, 2.75) is 40.8 Å². The highest BCUT2D eigenvalue weighted by atomic mass is 16.5. The van der Waals surface area contributed by atoms with Gasteiger partial charge in [-0.2, -0.15) is 10.2 Å². The van der Waals surface area contributed by atoms with Crippen LogP contribution in [0, 0.1) is 27.7 Å². The molecule has 0 saturated carbocycles. The number of urea groups is 1. The molecule has 1 aromatic carbocycles. The number of aromatic nitrogens is 4. The number of rotatable bonds is 7. The number of nitrogens with zero attached hydrogens (tertiary/aromatic N) is 4. The molecular formula is C21H28N6O2. The molecule has 0 bridgehead atoms. The minimum atomic E-state index is -0.276. The molecule has 0 atom stereocenters. The highest BCUT2D eigenvalue weighted by molar-refractivity contribution is 5.91. The summed E-state index contributed by atoms with van der Waals surface area (Å²) in [6.07, 6.45) is 0. The van der Waals surface area contributed by atoms with Gasteiger partial charge in [0.25, 0.3) is 0 Å². The van der Waals surface area contributed by atoms with Gasteiger partial charge in [-0.25, -0.2) is 9.48 Å². The van der Waals surface area contributed by atoms with Crippen molar-refractivity contribution in [2.75, 3.05) is 19.0 Å². The summed E-state index contributed by atoms with van der Waals surface area (Å²) in [6, 6.07) is 9.34. The summed E-state index contributed by atoms with van der Waals surface area (Å²) < 4.78 is 8.87. The molecule has 29 heavy (non-hydrogen) atoms. The van der Waals surface area contributed by atoms with Crippen LogP contribution < -0.4 is 10.6 Å². The number of anilines is 1. The van der Waals surface area contributed by atoms with Gasteiger partial charge in [0.2, 0.25) is 0 Å². The topological polar surface area (TPSA) is 86.0 Å². The minimum Gasteiger partial charge on any atom is -0.383 e. The van der Waals surface area contributed by atoms with E-state index in [1.165, 1.54) is 0 Å². The molecule has 3 rings (SSSR count). The van der Waals surface area contributed by atoms with Crippen molar-refractivity contribution in [1.29, 1.82) is 0 Å². The molecule has 2 N–H and O–H groups in total. The van der Waals surface area contributed by atoms with E-state index < -0.39 is 0 Å². The Balaban J connectivity index is 1.70. The van der Waals surface area contributed by atoms with Crippen LogP contribution in [0.3, 0.4) is 0 Å². The van der Waals surface area contributed by atoms with Gasteiger partial charge in [0, 0.05) is 30.6 Å². The Hall–Kier alpha value is -3.13. The molecule has 8 nitrogen and oxygen atoms in total. The third-order valence-electron chi connectivity index (χ3n) is 4.85. The van der Waals surface area contributed by atoms with Crippen LogP contribution in [-0.4, -0.2) is 39.3 Å². The number of nitrogens with one attached hydrogen (secondary N) is 2. The summed E-state index contributed by atoms with van der Waals surface area (Å²) in [5.74, 6) is 0. The Labute approximate surface area is 170 Å². The lowest BCUT2D eigenvalue weighted by Gasteiger charge is -2.13. The fourth-order valence-corrected chi connectivity index (χ4v) is 3.36. The number of amides is 2. The quantitative estimate of drug-likeness (QED) is 0.642. The molecule has 154 valence electrons. The van der Waals surface area contributed by atoms with Crippen LogP contribution in [0.15, 0.2) is 30.3 Å². The number of methoxy groups -OCH3 is 1. The molecule has 0 aliphatic heterocycles. The summed E-state index contributed by atoms with van der Waals surface area (Å²) in [4.78, 5) is 12.6. The van der Waals surface area contributed by atoms with E-state index in [-0.39, 0.29) is 6.03 Å². The Bertz CT molecular complexity index is 1000. The van der Waals surface area contributed by atoms with Gasteiger partial charge in [-0.3, -0.25) is 4.68 Å². The van der Waals surface area contributed by atoms with Crippen molar-refractivity contribution in [3.05, 3.63) is 58.7 Å². The lowest BCUT2D eigenvalue weighted by molar-refractivity contribution is 0.182. The van der Waals surface area contributed by atoms with Gasteiger partial charge in [-0.1, -0.05) is 12.1 Å². The van der Waals surface area contributed by atoms with Gasteiger partial charge in [-0.15, -0.1) is 0 Å². The highest BCUT2D eigenvalue weighted by Crippen LogP contribution is 2.21. The Kier molecular flexibility index (Phi) is 6.33. The maximum atomic E-state index is 12.6. The van der Waals surface area contributed by atoms with Gasteiger partial charge in [0.05, 0.1) is 35.9 Å². The van der Waals surface area contributed by atoms with E-state index in [1.807, 2.05) is 67.4 Å². The first-order valence-corrected chi connectivity index (χ1v) is 9.60. The summed E-state index contributed by atoms with van der Waals surface area (Å²) in [6.45, 7) is 9.57. The molecule has 0 radical (unpaired) electrons. The molecule has 0 saturated heterocycles. The Morgan fingerprint density at radius 2 is 1.90 bits per heavy atom. The first-order chi connectivity index (χ1) is 13.9. The van der Waals surface area contributed by atoms with Crippen molar-refractivity contribution in [3.8, 4) is 5.69 Å². The molecule has 0 spiro atoms. The van der Waals surface area contributed by atoms with Crippen molar-refractivity contribution in [1.82, 2.24) is 24.9 Å². The highest BCUT2D eigenvalue weighted by Gasteiger charge is 2.14. The standard InChI is InChI=1S/C21H28N6O2/c1-14-12-15(2)27(24-14)20-9-7-6-8-19(20)23-21(28)22-13-18-16(3)25-26(17(18)4)10-11-29-5/h6-9,12H,10-11,13H2,1-5H3,(H2,22,23,28). The van der Waals surface area contributed by atoms with Gasteiger partial charge >= 0.3 is 6.03 Å². The van der Waals surface area contributed by atoms with E-state index in [9.17, 15) is 4.79 Å². The molecular weight excluding hydrogens is 368 g/mol. The van der Waals surface area contributed by atoms with Crippen molar-refractivity contribution in [3.63, 3.8) is 0 Å².